The fraction of sp³-hybridized carbons (Fsp3) is 0.136. The monoisotopic (exact) mass is 533 g/mol. The van der Waals surface area contributed by atoms with Crippen molar-refractivity contribution >= 4 is 57.1 Å². The summed E-state index contributed by atoms with van der Waals surface area (Å²) in [6.45, 7) is 0. The second-order valence-electron chi connectivity index (χ2n) is 6.27. The van der Waals surface area contributed by atoms with Crippen LogP contribution in [0.15, 0.2) is 65.8 Å². The second kappa shape index (κ2) is 10.4. The molecule has 0 atom stereocenters. The summed E-state index contributed by atoms with van der Waals surface area (Å²) >= 11 is 3.54. The number of ether oxygens (including phenoxy) is 1. The van der Waals surface area contributed by atoms with E-state index in [0.29, 0.717) is 22.8 Å². The van der Waals surface area contributed by atoms with Gasteiger partial charge in [-0.2, -0.15) is 0 Å². The van der Waals surface area contributed by atoms with Gasteiger partial charge in [0.1, 0.15) is 5.69 Å². The van der Waals surface area contributed by atoms with Crippen molar-refractivity contribution in [3.05, 3.63) is 86.7 Å². The van der Waals surface area contributed by atoms with E-state index in [1.807, 2.05) is 36.6 Å². The van der Waals surface area contributed by atoms with Crippen molar-refractivity contribution < 1.29 is 14.3 Å². The number of aromatic amines is 1. The number of hydrogen-bond donors (Lipinski definition) is 2. The maximum atomic E-state index is 12.5. The molecule has 0 aliphatic carbocycles. The van der Waals surface area contributed by atoms with Crippen LogP contribution in [-0.4, -0.2) is 35.4 Å². The molecule has 0 aliphatic heterocycles. The maximum absolute atomic E-state index is 12.5. The van der Waals surface area contributed by atoms with Gasteiger partial charge in [0, 0.05) is 27.3 Å². The van der Waals surface area contributed by atoms with Gasteiger partial charge < -0.3 is 15.0 Å². The molecule has 3 aromatic rings. The van der Waals surface area contributed by atoms with Gasteiger partial charge in [-0.25, -0.2) is 9.79 Å². The van der Waals surface area contributed by atoms with Crippen molar-refractivity contribution in [2.75, 3.05) is 13.4 Å². The van der Waals surface area contributed by atoms with E-state index in [4.69, 9.17) is 4.74 Å². The Morgan fingerprint density at radius 3 is 2.47 bits per heavy atom. The van der Waals surface area contributed by atoms with Crippen LogP contribution in [0.25, 0.3) is 0 Å². The topological polar surface area (TPSA) is 83.6 Å². The van der Waals surface area contributed by atoms with Crippen LogP contribution in [0.5, 0.6) is 0 Å². The number of H-pyrrole nitrogens is 1. The first kappa shape index (κ1) is 22.1. The van der Waals surface area contributed by atoms with Gasteiger partial charge in [0.25, 0.3) is 5.91 Å². The van der Waals surface area contributed by atoms with Gasteiger partial charge in [-0.3, -0.25) is 4.79 Å². The Morgan fingerprint density at radius 1 is 1.13 bits per heavy atom. The number of carbonyl (C=O) groups excluding carboxylic acids is 2. The van der Waals surface area contributed by atoms with Crippen LogP contribution in [0.4, 0.5) is 5.69 Å². The van der Waals surface area contributed by atoms with Gasteiger partial charge in [0.05, 0.1) is 7.11 Å². The van der Waals surface area contributed by atoms with Crippen molar-refractivity contribution in [1.29, 1.82) is 0 Å². The number of nitrogens with one attached hydrogen (secondary N) is 2. The molecule has 1 aromatic heterocycles. The van der Waals surface area contributed by atoms with Gasteiger partial charge in [-0.15, -0.1) is 0 Å². The number of aliphatic imine (C=N–C) groups is 1. The highest BCUT2D eigenvalue weighted by molar-refractivity contribution is 14.1. The molecule has 2 N–H and O–H groups in total. The number of halogens is 1. The molecule has 0 saturated carbocycles. The van der Waals surface area contributed by atoms with Crippen LogP contribution < -0.4 is 5.32 Å². The Balaban J connectivity index is 1.94. The fourth-order valence-corrected chi connectivity index (χ4v) is 3.52. The molecule has 0 bridgehead atoms. The summed E-state index contributed by atoms with van der Waals surface area (Å²) in [7, 11) is 1.32. The molecule has 0 saturated heterocycles. The van der Waals surface area contributed by atoms with Crippen molar-refractivity contribution in [2.45, 2.75) is 6.42 Å². The molecule has 154 valence electrons. The number of benzene rings is 2. The van der Waals surface area contributed by atoms with Crippen molar-refractivity contribution in [3.8, 4) is 0 Å². The normalized spacial score (nSPS) is 11.2. The molecule has 6 nitrogen and oxygen atoms in total. The molecule has 0 aliphatic rings. The third kappa shape index (κ3) is 5.51. The van der Waals surface area contributed by atoms with Crippen molar-refractivity contribution in [3.63, 3.8) is 0 Å². The van der Waals surface area contributed by atoms with Gasteiger partial charge in [-0.05, 0) is 58.7 Å². The zero-order valence-electron chi connectivity index (χ0n) is 16.4. The SMILES string of the molecule is COC(=O)c1[nH]cc(Cc2ccc(I)cc2)c1N=C(NC(=O)c1ccccc1)SC. The first-order chi connectivity index (χ1) is 14.5. The Bertz CT molecular complexity index is 1060. The number of methoxy groups -OCH3 is 1. The molecule has 0 fully saturated rings. The van der Waals surface area contributed by atoms with Gasteiger partial charge >= 0.3 is 5.97 Å². The number of amides is 1. The van der Waals surface area contributed by atoms with Gasteiger partial charge in [-0.1, -0.05) is 42.1 Å². The number of esters is 1. The van der Waals surface area contributed by atoms with Crippen LogP contribution in [0.3, 0.4) is 0 Å². The average Bonchev–Trinajstić information content (AvgIpc) is 3.16. The van der Waals surface area contributed by atoms with Crippen molar-refractivity contribution in [1.82, 2.24) is 10.3 Å². The van der Waals surface area contributed by atoms with Crippen molar-refractivity contribution in [2.24, 2.45) is 4.99 Å². The summed E-state index contributed by atoms with van der Waals surface area (Å²) in [5, 5.41) is 3.20. The van der Waals surface area contributed by atoms with Crippen LogP contribution in [0, 0.1) is 3.57 Å². The number of amidine groups is 1. The molecular weight excluding hydrogens is 513 g/mol. The largest absolute Gasteiger partial charge is 0.464 e. The van der Waals surface area contributed by atoms with Crippen LogP contribution >= 0.6 is 34.4 Å². The predicted molar refractivity (Wildman–Crippen MR) is 129 cm³/mol. The number of aromatic nitrogens is 1. The smallest absolute Gasteiger partial charge is 0.356 e. The summed E-state index contributed by atoms with van der Waals surface area (Å²) in [4.78, 5) is 32.3. The minimum absolute atomic E-state index is 0.249. The zero-order chi connectivity index (χ0) is 21.5. The third-order valence-corrected chi connectivity index (χ3v) is 5.59. The maximum Gasteiger partial charge on any atom is 0.356 e. The Hall–Kier alpha value is -2.59. The zero-order valence-corrected chi connectivity index (χ0v) is 19.4. The summed E-state index contributed by atoms with van der Waals surface area (Å²) in [6, 6.07) is 17.0. The van der Waals surface area contributed by atoms with E-state index in [1.54, 1.807) is 30.5 Å². The Morgan fingerprint density at radius 2 is 1.83 bits per heavy atom. The lowest BCUT2D eigenvalue weighted by Crippen LogP contribution is -2.28. The second-order valence-corrected chi connectivity index (χ2v) is 8.31. The van der Waals surface area contributed by atoms with E-state index in [1.165, 1.54) is 18.9 Å². The molecule has 8 heteroatoms. The van der Waals surface area contributed by atoms with E-state index in [-0.39, 0.29) is 11.6 Å². The molecule has 30 heavy (non-hydrogen) atoms. The lowest BCUT2D eigenvalue weighted by Gasteiger charge is -2.08. The van der Waals surface area contributed by atoms with Gasteiger partial charge in [0.15, 0.2) is 10.9 Å². The van der Waals surface area contributed by atoms with E-state index in [9.17, 15) is 9.59 Å². The number of thioether (sulfide) groups is 1. The fourth-order valence-electron chi connectivity index (χ4n) is 2.78. The van der Waals surface area contributed by atoms with E-state index >= 15 is 0 Å². The third-order valence-electron chi connectivity index (χ3n) is 4.29. The quantitative estimate of drug-likeness (QED) is 0.214. The predicted octanol–water partition coefficient (Wildman–Crippen LogP) is 4.78. The minimum Gasteiger partial charge on any atom is -0.464 e. The van der Waals surface area contributed by atoms with Crippen LogP contribution in [-0.2, 0) is 11.2 Å². The standard InChI is InChI=1S/C22H20IN3O3S/c1-29-21(28)19-18(16(13-24-19)12-14-8-10-17(23)11-9-14)25-22(30-2)26-20(27)15-6-4-3-5-7-15/h3-11,13,24H,12H2,1-2H3,(H,25,26,27). The average molecular weight is 533 g/mol. The van der Waals surface area contributed by atoms with Crippen LogP contribution in [0.2, 0.25) is 0 Å². The molecule has 0 radical (unpaired) electrons. The Labute approximate surface area is 192 Å². The molecule has 0 unspecified atom stereocenters. The van der Waals surface area contributed by atoms with E-state index in [0.717, 1.165) is 14.7 Å². The highest BCUT2D eigenvalue weighted by Crippen LogP contribution is 2.28. The summed E-state index contributed by atoms with van der Waals surface area (Å²) in [5.74, 6) is -0.782. The highest BCUT2D eigenvalue weighted by Gasteiger charge is 2.19. The number of rotatable bonds is 5. The number of hydrogen-bond acceptors (Lipinski definition) is 5. The molecule has 3 rings (SSSR count). The molecular formula is C22H20IN3O3S. The summed E-state index contributed by atoms with van der Waals surface area (Å²) in [5.41, 5.74) is 3.15. The first-order valence-corrected chi connectivity index (χ1v) is 11.3. The molecule has 1 heterocycles. The number of carbonyl (C=O) groups is 2. The van der Waals surface area contributed by atoms with Crippen LogP contribution in [0.1, 0.15) is 32.0 Å². The first-order valence-electron chi connectivity index (χ1n) is 9.04. The Kier molecular flexibility index (Phi) is 7.69. The molecule has 1 amide bonds. The lowest BCUT2D eigenvalue weighted by atomic mass is 10.1. The van der Waals surface area contributed by atoms with E-state index in [2.05, 4.69) is 37.9 Å². The summed E-state index contributed by atoms with van der Waals surface area (Å²) in [6.07, 6.45) is 4.14. The molecule has 0 spiro atoms. The minimum atomic E-state index is -0.516. The summed E-state index contributed by atoms with van der Waals surface area (Å²) < 4.78 is 6.03. The lowest BCUT2D eigenvalue weighted by molar-refractivity contribution is 0.0595. The molecule has 2 aromatic carbocycles. The van der Waals surface area contributed by atoms with E-state index < -0.39 is 5.97 Å². The highest BCUT2D eigenvalue weighted by atomic mass is 127. The number of nitrogens with zero attached hydrogens (tertiary/aromatic N) is 1. The van der Waals surface area contributed by atoms with Gasteiger partial charge in [0.2, 0.25) is 0 Å².